The van der Waals surface area contributed by atoms with Gasteiger partial charge in [-0.2, -0.15) is 0 Å². The molecule has 2 rings (SSSR count). The van der Waals surface area contributed by atoms with Gasteiger partial charge in [0.15, 0.2) is 0 Å². The molecule has 1 saturated carbocycles. The van der Waals surface area contributed by atoms with Crippen molar-refractivity contribution in [2.75, 3.05) is 5.73 Å². The van der Waals surface area contributed by atoms with Crippen molar-refractivity contribution >= 4 is 11.6 Å². The minimum Gasteiger partial charge on any atom is -0.397 e. The van der Waals surface area contributed by atoms with E-state index >= 15 is 0 Å². The Morgan fingerprint density at radius 3 is 2.95 bits per heavy atom. The average Bonchev–Trinajstić information content (AvgIpc) is 2.58. The number of nitrogens with one attached hydrogen (secondary N) is 1. The van der Waals surface area contributed by atoms with Gasteiger partial charge in [0.25, 0.3) is 5.91 Å². The van der Waals surface area contributed by atoms with Gasteiger partial charge in [-0.05, 0) is 25.8 Å². The van der Waals surface area contributed by atoms with Gasteiger partial charge in [-0.25, -0.2) is 0 Å². The predicted molar refractivity (Wildman–Crippen MR) is 73.7 cm³/mol. The van der Waals surface area contributed by atoms with E-state index in [2.05, 4.69) is 10.3 Å². The quantitative estimate of drug-likeness (QED) is 0.704. The van der Waals surface area contributed by atoms with Crippen LogP contribution < -0.4 is 11.1 Å². The van der Waals surface area contributed by atoms with Gasteiger partial charge < -0.3 is 16.2 Å². The van der Waals surface area contributed by atoms with E-state index in [1.54, 1.807) is 13.0 Å². The van der Waals surface area contributed by atoms with E-state index in [4.69, 9.17) is 5.73 Å². The smallest absolute Gasteiger partial charge is 0.253 e. The van der Waals surface area contributed by atoms with Crippen LogP contribution in [0.2, 0.25) is 0 Å². The van der Waals surface area contributed by atoms with Crippen molar-refractivity contribution in [2.45, 2.75) is 51.2 Å². The summed E-state index contributed by atoms with van der Waals surface area (Å²) in [6.45, 7) is 1.78. The van der Waals surface area contributed by atoms with Crippen LogP contribution in [0.25, 0.3) is 0 Å². The predicted octanol–water partition coefficient (Wildman–Crippen LogP) is 1.40. The molecule has 0 aromatic carbocycles. The molecular formula is C14H21N3O2. The summed E-state index contributed by atoms with van der Waals surface area (Å²) in [5, 5.41) is 12.9. The van der Waals surface area contributed by atoms with Crippen molar-refractivity contribution < 1.29 is 9.90 Å². The number of amides is 1. The number of carbonyl (C=O) groups excluding carboxylic acids is 1. The molecule has 5 nitrogen and oxygen atoms in total. The van der Waals surface area contributed by atoms with Crippen LogP contribution in [0.15, 0.2) is 12.3 Å². The van der Waals surface area contributed by atoms with Gasteiger partial charge in [-0.3, -0.25) is 9.78 Å². The third-order valence-electron chi connectivity index (χ3n) is 3.65. The average molecular weight is 263 g/mol. The van der Waals surface area contributed by atoms with E-state index in [-0.39, 0.29) is 11.9 Å². The summed E-state index contributed by atoms with van der Waals surface area (Å²) in [4.78, 5) is 16.3. The number of nitrogens with zero attached hydrogens (tertiary/aromatic N) is 1. The number of pyridine rings is 1. The number of hydrogen-bond acceptors (Lipinski definition) is 4. The molecule has 5 heteroatoms. The lowest BCUT2D eigenvalue weighted by molar-refractivity contribution is 0.0818. The summed E-state index contributed by atoms with van der Waals surface area (Å²) in [5.41, 5.74) is 7.26. The number of aliphatic hydroxyl groups excluding tert-OH is 1. The number of aliphatic hydroxyl groups is 1. The first-order valence-electron chi connectivity index (χ1n) is 6.79. The first kappa shape index (κ1) is 13.8. The molecule has 4 N–H and O–H groups in total. The number of anilines is 1. The van der Waals surface area contributed by atoms with Crippen molar-refractivity contribution in [3.05, 3.63) is 23.5 Å². The first-order chi connectivity index (χ1) is 9.08. The van der Waals surface area contributed by atoms with E-state index in [0.29, 0.717) is 16.9 Å². The molecule has 19 heavy (non-hydrogen) atoms. The summed E-state index contributed by atoms with van der Waals surface area (Å²) in [7, 11) is 0. The second-order valence-electron chi connectivity index (χ2n) is 5.19. The molecule has 1 aliphatic carbocycles. The highest BCUT2D eigenvalue weighted by Crippen LogP contribution is 2.19. The van der Waals surface area contributed by atoms with Crippen molar-refractivity contribution in [3.63, 3.8) is 0 Å². The molecule has 0 spiro atoms. The maximum absolute atomic E-state index is 12.2. The Bertz CT molecular complexity index is 462. The van der Waals surface area contributed by atoms with Crippen LogP contribution in [0.3, 0.4) is 0 Å². The lowest BCUT2D eigenvalue weighted by Gasteiger charge is -2.22. The Morgan fingerprint density at radius 2 is 2.16 bits per heavy atom. The number of aryl methyl sites for hydroxylation is 1. The topological polar surface area (TPSA) is 88.2 Å². The molecule has 1 aliphatic rings. The van der Waals surface area contributed by atoms with Crippen molar-refractivity contribution in [2.24, 2.45) is 0 Å². The van der Waals surface area contributed by atoms with Gasteiger partial charge in [0.1, 0.15) is 0 Å². The summed E-state index contributed by atoms with van der Waals surface area (Å²) >= 11 is 0. The molecule has 1 amide bonds. The lowest BCUT2D eigenvalue weighted by atomic mass is 10.1. The molecule has 0 saturated heterocycles. The number of hydrogen-bond donors (Lipinski definition) is 3. The van der Waals surface area contributed by atoms with Crippen LogP contribution >= 0.6 is 0 Å². The van der Waals surface area contributed by atoms with Crippen LogP contribution in [-0.4, -0.2) is 28.1 Å². The van der Waals surface area contributed by atoms with E-state index in [0.717, 1.165) is 32.1 Å². The standard InChI is InChI=1S/C14H21N3O2/c1-9-11(7-10(15)8-16-9)14(19)17-12-5-3-2-4-6-13(12)18/h7-8,12-13,18H,2-6,15H2,1H3,(H,17,19). The van der Waals surface area contributed by atoms with Gasteiger partial charge in [0, 0.05) is 0 Å². The Kier molecular flexibility index (Phi) is 4.37. The molecule has 0 aliphatic heterocycles. The highest BCUT2D eigenvalue weighted by atomic mass is 16.3. The maximum atomic E-state index is 12.2. The van der Waals surface area contributed by atoms with Crippen molar-refractivity contribution in [3.8, 4) is 0 Å². The highest BCUT2D eigenvalue weighted by Gasteiger charge is 2.24. The van der Waals surface area contributed by atoms with Crippen LogP contribution in [0.1, 0.15) is 48.2 Å². The first-order valence-corrected chi connectivity index (χ1v) is 6.79. The number of aromatic nitrogens is 1. The largest absolute Gasteiger partial charge is 0.397 e. The summed E-state index contributed by atoms with van der Waals surface area (Å²) in [5.74, 6) is -0.205. The minimum atomic E-state index is -0.458. The Hall–Kier alpha value is -1.62. The zero-order valence-corrected chi connectivity index (χ0v) is 11.2. The maximum Gasteiger partial charge on any atom is 0.253 e. The number of rotatable bonds is 2. The summed E-state index contributed by atoms with van der Waals surface area (Å²) in [6, 6.07) is 1.46. The third-order valence-corrected chi connectivity index (χ3v) is 3.65. The second kappa shape index (κ2) is 6.02. The molecule has 2 unspecified atom stereocenters. The van der Waals surface area contributed by atoms with Gasteiger partial charge >= 0.3 is 0 Å². The Morgan fingerprint density at radius 1 is 1.42 bits per heavy atom. The van der Waals surface area contributed by atoms with Crippen molar-refractivity contribution in [1.82, 2.24) is 10.3 Å². The molecule has 1 heterocycles. The normalized spacial score (nSPS) is 23.7. The molecule has 0 bridgehead atoms. The van der Waals surface area contributed by atoms with Crippen LogP contribution in [0, 0.1) is 6.92 Å². The molecule has 1 aromatic heterocycles. The zero-order chi connectivity index (χ0) is 13.8. The Labute approximate surface area is 113 Å². The van der Waals surface area contributed by atoms with Gasteiger partial charge in [0.2, 0.25) is 0 Å². The number of nitrogens with two attached hydrogens (primary N) is 1. The SMILES string of the molecule is Cc1ncc(N)cc1C(=O)NC1CCCCCC1O. The highest BCUT2D eigenvalue weighted by molar-refractivity contribution is 5.96. The van der Waals surface area contributed by atoms with Crippen molar-refractivity contribution in [1.29, 1.82) is 0 Å². The number of carbonyl (C=O) groups is 1. The summed E-state index contributed by atoms with van der Waals surface area (Å²) in [6.07, 6.45) is 5.82. The van der Waals surface area contributed by atoms with E-state index in [1.807, 2.05) is 0 Å². The third kappa shape index (κ3) is 3.44. The van der Waals surface area contributed by atoms with Crippen LogP contribution in [0.5, 0.6) is 0 Å². The monoisotopic (exact) mass is 263 g/mol. The van der Waals surface area contributed by atoms with Gasteiger partial charge in [0.05, 0.1) is 35.3 Å². The fourth-order valence-corrected chi connectivity index (χ4v) is 2.48. The fraction of sp³-hybridized carbons (Fsp3) is 0.571. The lowest BCUT2D eigenvalue weighted by Crippen LogP contribution is -2.42. The van der Waals surface area contributed by atoms with Gasteiger partial charge in [-0.1, -0.05) is 19.3 Å². The minimum absolute atomic E-state index is 0.171. The zero-order valence-electron chi connectivity index (χ0n) is 11.2. The summed E-state index contributed by atoms with van der Waals surface area (Å²) < 4.78 is 0. The van der Waals surface area contributed by atoms with Crippen LogP contribution in [0.4, 0.5) is 5.69 Å². The van der Waals surface area contributed by atoms with E-state index in [1.165, 1.54) is 6.20 Å². The fourth-order valence-electron chi connectivity index (χ4n) is 2.48. The molecule has 104 valence electrons. The van der Waals surface area contributed by atoms with E-state index in [9.17, 15) is 9.90 Å². The Balaban J connectivity index is 2.09. The molecule has 1 fully saturated rings. The molecular weight excluding hydrogens is 242 g/mol. The number of nitrogen functional groups attached to an aromatic ring is 1. The second-order valence-corrected chi connectivity index (χ2v) is 5.19. The van der Waals surface area contributed by atoms with Gasteiger partial charge in [-0.15, -0.1) is 0 Å². The molecule has 2 atom stereocenters. The molecule has 0 radical (unpaired) electrons. The van der Waals surface area contributed by atoms with Crippen LogP contribution in [-0.2, 0) is 0 Å². The van der Waals surface area contributed by atoms with E-state index < -0.39 is 6.10 Å². The molecule has 1 aromatic rings.